The second-order valence-corrected chi connectivity index (χ2v) is 7.25. The number of nitrogens with zero attached hydrogens (tertiary/aromatic N) is 3. The molecule has 0 amide bonds. The van der Waals surface area contributed by atoms with E-state index in [0.29, 0.717) is 0 Å². The zero-order valence-electron chi connectivity index (χ0n) is 15.8. The van der Waals surface area contributed by atoms with Gasteiger partial charge in [-0.15, -0.1) is 24.8 Å². The number of aromatic amines is 1. The Morgan fingerprint density at radius 3 is 2.43 bits per heavy atom. The zero-order chi connectivity index (χ0) is 17.9. The fourth-order valence-corrected chi connectivity index (χ4v) is 3.67. The summed E-state index contributed by atoms with van der Waals surface area (Å²) in [7, 11) is 0. The van der Waals surface area contributed by atoms with E-state index in [-0.39, 0.29) is 24.8 Å². The molecule has 4 nitrogen and oxygen atoms in total. The molecule has 0 unspecified atom stereocenters. The smallest absolute Gasteiger partial charge is 0.137 e. The maximum absolute atomic E-state index is 6.39. The van der Waals surface area contributed by atoms with Crippen molar-refractivity contribution in [3.8, 4) is 11.4 Å². The van der Waals surface area contributed by atoms with E-state index in [2.05, 4.69) is 51.0 Å². The minimum Gasteiger partial charge on any atom is -0.368 e. The van der Waals surface area contributed by atoms with Crippen molar-refractivity contribution >= 4 is 42.1 Å². The van der Waals surface area contributed by atoms with Gasteiger partial charge >= 0.3 is 0 Å². The van der Waals surface area contributed by atoms with Crippen LogP contribution >= 0.6 is 36.4 Å². The molecule has 0 saturated carbocycles. The van der Waals surface area contributed by atoms with Crippen molar-refractivity contribution in [3.05, 3.63) is 71.0 Å². The molecule has 0 bridgehead atoms. The van der Waals surface area contributed by atoms with Crippen LogP contribution in [-0.4, -0.2) is 41.0 Å². The lowest BCUT2D eigenvalue weighted by Crippen LogP contribution is -2.46. The van der Waals surface area contributed by atoms with Gasteiger partial charge in [-0.25, -0.2) is 4.98 Å². The van der Waals surface area contributed by atoms with Gasteiger partial charge in [-0.2, -0.15) is 0 Å². The summed E-state index contributed by atoms with van der Waals surface area (Å²) in [5.74, 6) is 0.936. The first-order valence-electron chi connectivity index (χ1n) is 9.02. The third kappa shape index (κ3) is 5.21. The highest BCUT2D eigenvalue weighted by Gasteiger charge is 2.19. The Morgan fingerprint density at radius 1 is 1.00 bits per heavy atom. The van der Waals surface area contributed by atoms with E-state index in [1.54, 1.807) is 0 Å². The van der Waals surface area contributed by atoms with Crippen molar-refractivity contribution < 1.29 is 0 Å². The molecule has 1 aliphatic heterocycles. The fraction of sp³-hybridized carbons (Fsp3) is 0.286. The van der Waals surface area contributed by atoms with Gasteiger partial charge in [-0.1, -0.05) is 48.0 Å². The van der Waals surface area contributed by atoms with Crippen LogP contribution in [0.3, 0.4) is 0 Å². The summed E-state index contributed by atoms with van der Waals surface area (Å²) in [5.41, 5.74) is 4.68. The number of imidazole rings is 1. The van der Waals surface area contributed by atoms with Gasteiger partial charge in [-0.3, -0.25) is 4.90 Å². The van der Waals surface area contributed by atoms with Crippen molar-refractivity contribution in [2.75, 3.05) is 31.1 Å². The summed E-state index contributed by atoms with van der Waals surface area (Å²) in [4.78, 5) is 12.8. The highest BCUT2D eigenvalue weighted by Crippen LogP contribution is 2.28. The molecule has 3 aromatic rings. The molecule has 150 valence electrons. The van der Waals surface area contributed by atoms with Crippen molar-refractivity contribution in [3.63, 3.8) is 0 Å². The number of nitrogens with one attached hydrogen (secondary N) is 1. The lowest BCUT2D eigenvalue weighted by Gasteiger charge is -2.36. The Kier molecular flexibility index (Phi) is 8.20. The van der Waals surface area contributed by atoms with Crippen LogP contribution in [0.15, 0.2) is 54.7 Å². The third-order valence-electron chi connectivity index (χ3n) is 4.88. The lowest BCUT2D eigenvalue weighted by atomic mass is 10.2. The van der Waals surface area contributed by atoms with Crippen LogP contribution in [0.4, 0.5) is 5.69 Å². The number of hydrogen-bond donors (Lipinski definition) is 1. The van der Waals surface area contributed by atoms with Gasteiger partial charge in [0.15, 0.2) is 0 Å². The molecule has 1 N–H and O–H groups in total. The summed E-state index contributed by atoms with van der Waals surface area (Å²) in [6.07, 6.45) is 1.95. The molecule has 4 rings (SSSR count). The van der Waals surface area contributed by atoms with E-state index in [9.17, 15) is 0 Å². The quantitative estimate of drug-likeness (QED) is 0.606. The van der Waals surface area contributed by atoms with Crippen molar-refractivity contribution in [2.45, 2.75) is 13.5 Å². The number of aromatic nitrogens is 2. The minimum absolute atomic E-state index is 0. The number of hydrogen-bond acceptors (Lipinski definition) is 3. The third-order valence-corrected chi connectivity index (χ3v) is 5.20. The van der Waals surface area contributed by atoms with Gasteiger partial charge in [0.25, 0.3) is 0 Å². The van der Waals surface area contributed by atoms with Gasteiger partial charge in [0.05, 0.1) is 10.7 Å². The summed E-state index contributed by atoms with van der Waals surface area (Å²) in [5, 5.41) is 0.838. The van der Waals surface area contributed by atoms with E-state index in [1.165, 1.54) is 5.56 Å². The Morgan fingerprint density at radius 2 is 1.71 bits per heavy atom. The van der Waals surface area contributed by atoms with E-state index in [1.807, 2.05) is 30.5 Å². The van der Waals surface area contributed by atoms with E-state index >= 15 is 0 Å². The van der Waals surface area contributed by atoms with Crippen LogP contribution in [0, 0.1) is 6.92 Å². The number of anilines is 1. The summed E-state index contributed by atoms with van der Waals surface area (Å²) < 4.78 is 0. The number of H-pyrrole nitrogens is 1. The fourth-order valence-electron chi connectivity index (χ4n) is 3.44. The van der Waals surface area contributed by atoms with Gasteiger partial charge in [-0.05, 0) is 24.6 Å². The van der Waals surface area contributed by atoms with Crippen LogP contribution in [0.25, 0.3) is 11.4 Å². The zero-order valence-corrected chi connectivity index (χ0v) is 18.2. The largest absolute Gasteiger partial charge is 0.368 e. The topological polar surface area (TPSA) is 35.2 Å². The van der Waals surface area contributed by atoms with Crippen LogP contribution in [-0.2, 0) is 6.54 Å². The predicted octanol–water partition coefficient (Wildman–Crippen LogP) is 5.20. The molecular weight excluding hydrogens is 415 g/mol. The molecule has 0 atom stereocenters. The van der Waals surface area contributed by atoms with Crippen LogP contribution < -0.4 is 4.90 Å². The molecular formula is C21H25Cl3N4. The van der Waals surface area contributed by atoms with E-state index in [0.717, 1.165) is 60.5 Å². The molecule has 28 heavy (non-hydrogen) atoms. The number of benzene rings is 2. The van der Waals surface area contributed by atoms with Crippen molar-refractivity contribution in [1.29, 1.82) is 0 Å². The van der Waals surface area contributed by atoms with Gasteiger partial charge in [0, 0.05) is 50.2 Å². The summed E-state index contributed by atoms with van der Waals surface area (Å²) in [6.45, 7) is 7.02. The monoisotopic (exact) mass is 438 g/mol. The second kappa shape index (κ2) is 10.2. The number of piperazine rings is 1. The highest BCUT2D eigenvalue weighted by atomic mass is 35.5. The average molecular weight is 440 g/mol. The molecule has 1 saturated heterocycles. The molecule has 2 aromatic carbocycles. The summed E-state index contributed by atoms with van der Waals surface area (Å²) in [6, 6.07) is 16.5. The maximum atomic E-state index is 6.39. The minimum atomic E-state index is 0. The molecule has 0 aliphatic carbocycles. The molecule has 1 fully saturated rings. The molecule has 1 aromatic heterocycles. The second-order valence-electron chi connectivity index (χ2n) is 6.84. The van der Waals surface area contributed by atoms with E-state index in [4.69, 9.17) is 11.6 Å². The Bertz CT molecular complexity index is 874. The normalized spacial score (nSPS) is 14.3. The Labute approximate surface area is 183 Å². The first-order chi connectivity index (χ1) is 12.7. The van der Waals surface area contributed by atoms with Gasteiger partial charge in [0.2, 0.25) is 0 Å². The van der Waals surface area contributed by atoms with Crippen LogP contribution in [0.2, 0.25) is 5.02 Å². The SMILES string of the molecule is Cc1ccc(Cl)c(N2CCN(Cc3cnc(-c4ccccc4)[nH]3)CC2)c1.Cl.Cl. The van der Waals surface area contributed by atoms with Crippen molar-refractivity contribution in [2.24, 2.45) is 0 Å². The number of aryl methyl sites for hydroxylation is 1. The Balaban J connectivity index is 0.00000140. The van der Waals surface area contributed by atoms with Gasteiger partial charge in [0.1, 0.15) is 5.82 Å². The number of halogens is 3. The maximum Gasteiger partial charge on any atom is 0.137 e. The lowest BCUT2D eigenvalue weighted by molar-refractivity contribution is 0.247. The standard InChI is InChI=1S/C21H23ClN4.2ClH/c1-16-7-8-19(22)20(13-16)26-11-9-25(10-12-26)15-18-14-23-21(24-18)17-5-3-2-4-6-17;;/h2-8,13-14H,9-12,15H2,1H3,(H,23,24);2*1H. The summed E-state index contributed by atoms with van der Waals surface area (Å²) >= 11 is 6.39. The predicted molar refractivity (Wildman–Crippen MR) is 122 cm³/mol. The molecule has 7 heteroatoms. The first kappa shape index (κ1) is 22.6. The highest BCUT2D eigenvalue weighted by molar-refractivity contribution is 6.33. The van der Waals surface area contributed by atoms with Crippen molar-refractivity contribution in [1.82, 2.24) is 14.9 Å². The Hall–Kier alpha value is -1.72. The van der Waals surface area contributed by atoms with Crippen LogP contribution in [0.5, 0.6) is 0 Å². The van der Waals surface area contributed by atoms with Gasteiger partial charge < -0.3 is 9.88 Å². The average Bonchev–Trinajstić information content (AvgIpc) is 3.14. The first-order valence-corrected chi connectivity index (χ1v) is 9.39. The van der Waals surface area contributed by atoms with Crippen LogP contribution in [0.1, 0.15) is 11.3 Å². The number of rotatable bonds is 4. The molecule has 0 spiro atoms. The van der Waals surface area contributed by atoms with E-state index < -0.39 is 0 Å². The molecule has 1 aliphatic rings. The molecule has 2 heterocycles. The molecule has 0 radical (unpaired) electrons.